The monoisotopic (exact) mass is 824 g/mol. The van der Waals surface area contributed by atoms with Crippen molar-refractivity contribution in [1.29, 1.82) is 0 Å². The Morgan fingerprint density at radius 1 is 0.831 bits per heavy atom. The van der Waals surface area contributed by atoms with Crippen molar-refractivity contribution in [2.45, 2.75) is 97.8 Å². The van der Waals surface area contributed by atoms with Gasteiger partial charge in [-0.2, -0.15) is 0 Å². The first kappa shape index (κ1) is 40.6. The number of nitrogens with zero attached hydrogens (tertiary/aromatic N) is 6. The molecule has 15 heteroatoms. The number of rotatable bonds is 9. The summed E-state index contributed by atoms with van der Waals surface area (Å²) in [5, 5.41) is 16.2. The summed E-state index contributed by atoms with van der Waals surface area (Å²) in [5.41, 5.74) is 5.77. The van der Waals surface area contributed by atoms with Crippen LogP contribution in [0.1, 0.15) is 109 Å². The molecule has 0 saturated heterocycles. The van der Waals surface area contributed by atoms with Crippen LogP contribution in [0.3, 0.4) is 0 Å². The third-order valence-corrected chi connectivity index (χ3v) is 13.6. The predicted octanol–water partition coefficient (Wildman–Crippen LogP) is 7.36. The summed E-state index contributed by atoms with van der Waals surface area (Å²) in [7, 11) is 3.68. The van der Waals surface area contributed by atoms with Gasteiger partial charge in [0.2, 0.25) is 0 Å². The number of nitrogens with one attached hydrogen (secondary N) is 2. The minimum Gasteiger partial charge on any atom is -0.481 e. The highest BCUT2D eigenvalue weighted by atomic mass is 35.5. The molecule has 0 atom stereocenters. The van der Waals surface area contributed by atoms with E-state index in [-0.39, 0.29) is 29.6 Å². The molecule has 8 rings (SSSR count). The van der Waals surface area contributed by atoms with Crippen LogP contribution >= 0.6 is 11.6 Å². The van der Waals surface area contributed by atoms with Crippen LogP contribution in [0, 0.1) is 17.8 Å². The van der Waals surface area contributed by atoms with Crippen LogP contribution in [0.15, 0.2) is 36.4 Å². The third kappa shape index (κ3) is 7.61. The van der Waals surface area contributed by atoms with E-state index in [1.807, 2.05) is 76.7 Å². The van der Waals surface area contributed by atoms with E-state index in [0.29, 0.717) is 53.0 Å². The summed E-state index contributed by atoms with van der Waals surface area (Å²) < 4.78 is 9.21. The Kier molecular flexibility index (Phi) is 10.4. The lowest BCUT2D eigenvalue weighted by atomic mass is 9.80. The van der Waals surface area contributed by atoms with Crippen LogP contribution in [-0.2, 0) is 49.6 Å². The second kappa shape index (κ2) is 15.1. The van der Waals surface area contributed by atoms with Gasteiger partial charge in [-0.25, -0.2) is 14.8 Å². The largest absolute Gasteiger partial charge is 0.481 e. The Morgan fingerprint density at radius 3 is 2.02 bits per heavy atom. The van der Waals surface area contributed by atoms with Crippen molar-refractivity contribution in [2.75, 3.05) is 30.3 Å². The summed E-state index contributed by atoms with van der Waals surface area (Å²) in [5.74, 6) is -0.826. The first-order chi connectivity index (χ1) is 28.0. The van der Waals surface area contributed by atoms with E-state index in [1.54, 1.807) is 15.5 Å². The molecule has 2 aromatic heterocycles. The van der Waals surface area contributed by atoms with Gasteiger partial charge in [0.25, 0.3) is 11.8 Å². The number of aliphatic carboxylic acids is 1. The van der Waals surface area contributed by atoms with Crippen LogP contribution in [0.25, 0.3) is 11.1 Å². The van der Waals surface area contributed by atoms with Gasteiger partial charge in [0.15, 0.2) is 11.6 Å². The lowest BCUT2D eigenvalue weighted by molar-refractivity contribution is -0.148. The molecule has 2 aromatic carbocycles. The van der Waals surface area contributed by atoms with E-state index < -0.39 is 23.1 Å². The van der Waals surface area contributed by atoms with Crippen molar-refractivity contribution in [1.82, 2.24) is 28.9 Å². The maximum absolute atomic E-state index is 13.8. The van der Waals surface area contributed by atoms with Gasteiger partial charge in [0.05, 0.1) is 34.1 Å². The van der Waals surface area contributed by atoms with Gasteiger partial charge in [0, 0.05) is 69.2 Å². The summed E-state index contributed by atoms with van der Waals surface area (Å²) in [6.07, 6.45) is 6.26. The third-order valence-electron chi connectivity index (χ3n) is 13.2. The van der Waals surface area contributed by atoms with E-state index in [0.717, 1.165) is 86.2 Å². The molecule has 3 N–H and O–H groups in total. The van der Waals surface area contributed by atoms with E-state index in [2.05, 4.69) is 20.5 Å². The molecule has 0 spiro atoms. The van der Waals surface area contributed by atoms with E-state index in [1.165, 1.54) is 0 Å². The van der Waals surface area contributed by atoms with Crippen molar-refractivity contribution in [3.63, 3.8) is 0 Å². The number of ether oxygens (including phenoxy) is 1. The fourth-order valence-corrected chi connectivity index (χ4v) is 10.1. The van der Waals surface area contributed by atoms with Gasteiger partial charge in [-0.3, -0.25) is 19.3 Å². The van der Waals surface area contributed by atoms with Crippen LogP contribution in [0.2, 0.25) is 5.02 Å². The minimum absolute atomic E-state index is 0.130. The number of carbonyl (C=O) groups is 4. The molecule has 0 unspecified atom stereocenters. The number of benzene rings is 2. The van der Waals surface area contributed by atoms with Gasteiger partial charge in [0.1, 0.15) is 5.60 Å². The first-order valence-electron chi connectivity index (χ1n) is 20.5. The number of imidazole rings is 2. The summed E-state index contributed by atoms with van der Waals surface area (Å²) in [6.45, 7) is 10.5. The molecule has 4 aliphatic rings. The molecule has 0 radical (unpaired) electrons. The molecule has 14 nitrogen and oxygen atoms in total. The number of halogens is 1. The molecule has 2 fully saturated rings. The highest BCUT2D eigenvalue weighted by Crippen LogP contribution is 2.63. The Hall–Kier alpha value is -5.21. The normalized spacial score (nSPS) is 21.2. The smallest absolute Gasteiger partial charge is 0.410 e. The average Bonchev–Trinajstić information content (AvgIpc) is 3.95. The van der Waals surface area contributed by atoms with Crippen LogP contribution in [-0.4, -0.2) is 83.1 Å². The van der Waals surface area contributed by atoms with Gasteiger partial charge in [-0.15, -0.1) is 0 Å². The fraction of sp³-hybridized carbons (Fsp3) is 0.500. The van der Waals surface area contributed by atoms with Crippen molar-refractivity contribution in [3.05, 3.63) is 81.4 Å². The Labute approximate surface area is 349 Å². The van der Waals surface area contributed by atoms with Crippen LogP contribution < -0.4 is 10.6 Å². The van der Waals surface area contributed by atoms with E-state index >= 15 is 0 Å². The zero-order valence-electron chi connectivity index (χ0n) is 34.7. The molecule has 312 valence electrons. The Balaban J connectivity index is 0.932. The molecule has 2 aliphatic heterocycles. The number of amides is 3. The fourth-order valence-electron chi connectivity index (χ4n) is 9.80. The molecule has 2 aliphatic carbocycles. The number of carboxylic acids is 1. The molecular weight excluding hydrogens is 772 g/mol. The quantitative estimate of drug-likeness (QED) is 0.156. The number of anilines is 2. The lowest BCUT2D eigenvalue weighted by Gasteiger charge is -2.32. The predicted molar refractivity (Wildman–Crippen MR) is 223 cm³/mol. The Morgan fingerprint density at radius 2 is 1.41 bits per heavy atom. The number of aromatic nitrogens is 4. The van der Waals surface area contributed by atoms with Crippen molar-refractivity contribution >= 4 is 46.9 Å². The molecular formula is C44H53ClN8O6. The molecule has 2 saturated carbocycles. The zero-order valence-corrected chi connectivity index (χ0v) is 35.5. The van der Waals surface area contributed by atoms with Crippen molar-refractivity contribution in [2.24, 2.45) is 24.9 Å². The van der Waals surface area contributed by atoms with Gasteiger partial charge in [-0.1, -0.05) is 35.9 Å². The van der Waals surface area contributed by atoms with Gasteiger partial charge >= 0.3 is 12.1 Å². The summed E-state index contributed by atoms with van der Waals surface area (Å²) in [4.78, 5) is 65.6. The first-order valence-corrected chi connectivity index (χ1v) is 20.9. The minimum atomic E-state index is -0.630. The number of carbonyl (C=O) groups excluding carboxylic acids is 3. The second-order valence-electron chi connectivity index (χ2n) is 18.0. The summed E-state index contributed by atoms with van der Waals surface area (Å²) >= 11 is 7.03. The maximum Gasteiger partial charge on any atom is 0.410 e. The standard InChI is InChI=1S/C44H53ClN8O6/c1-26-27(9-7-11-29(26)48-38(54)36-47-32-24-53(21-14-34(32)51(36)6)41(58)59-42(2,3)4)28-10-8-12-30(35(28)45)49-39(55)37-46-31-23-52(20-13-33(31)50(37)5)22-19-43-15-17-44(25-43,18-16-43)40(56)57/h7-12H,13-25H2,1-6H3,(H,48,54)(H,49,55)(H,56,57). The topological polar surface area (TPSA) is 164 Å². The highest BCUT2D eigenvalue weighted by molar-refractivity contribution is 6.36. The number of carboxylic acid groups (broad SMARTS) is 1. The number of hydrogen-bond acceptors (Lipinski definition) is 8. The lowest BCUT2D eigenvalue weighted by Crippen LogP contribution is -2.40. The van der Waals surface area contributed by atoms with Gasteiger partial charge < -0.3 is 34.5 Å². The van der Waals surface area contributed by atoms with Crippen LogP contribution in [0.5, 0.6) is 0 Å². The molecule has 59 heavy (non-hydrogen) atoms. The molecule has 4 heterocycles. The van der Waals surface area contributed by atoms with Gasteiger partial charge in [-0.05, 0) is 101 Å². The van der Waals surface area contributed by atoms with Crippen LogP contribution in [0.4, 0.5) is 16.2 Å². The average molecular weight is 825 g/mol. The zero-order chi connectivity index (χ0) is 42.0. The molecule has 3 amide bonds. The van der Waals surface area contributed by atoms with Crippen molar-refractivity contribution < 1.29 is 29.0 Å². The molecule has 4 aromatic rings. The van der Waals surface area contributed by atoms with E-state index in [4.69, 9.17) is 21.3 Å². The number of fused-ring (bicyclic) bond motifs is 4. The highest BCUT2D eigenvalue weighted by Gasteiger charge is 2.57. The summed E-state index contributed by atoms with van der Waals surface area (Å²) in [6, 6.07) is 11.0. The van der Waals surface area contributed by atoms with Crippen molar-refractivity contribution in [3.8, 4) is 11.1 Å². The Bertz CT molecular complexity index is 2370. The second-order valence-corrected chi connectivity index (χ2v) is 18.4. The number of hydrogen-bond donors (Lipinski definition) is 3. The molecule has 2 bridgehead atoms. The van der Waals surface area contributed by atoms with E-state index in [9.17, 15) is 24.3 Å². The maximum atomic E-state index is 13.8. The SMILES string of the molecule is Cc1c(NC(=O)c2nc3c(n2C)CCN(C(=O)OC(C)(C)C)C3)cccc1-c1cccc(NC(=O)c2nc3c(n2C)CCN(CCC24CCC(C(=O)O)(CC2)C4)C3)c1Cl.